The van der Waals surface area contributed by atoms with Crippen LogP contribution in [0.2, 0.25) is 5.02 Å². The van der Waals surface area contributed by atoms with Crippen molar-refractivity contribution in [2.45, 2.75) is 32.9 Å². The lowest BCUT2D eigenvalue weighted by Crippen LogP contribution is -2.49. The maximum atomic E-state index is 12.8. The molecule has 0 aliphatic rings. The average molecular weight is 395 g/mol. The Morgan fingerprint density at radius 1 is 1.19 bits per heavy atom. The van der Waals surface area contributed by atoms with Gasteiger partial charge in [-0.05, 0) is 42.7 Å². The fraction of sp³-hybridized carbons (Fsp3) is 0.316. The van der Waals surface area contributed by atoms with Crippen LogP contribution >= 0.6 is 11.6 Å². The van der Waals surface area contributed by atoms with Crippen molar-refractivity contribution >= 4 is 33.2 Å². The molecule has 26 heavy (non-hydrogen) atoms. The molecule has 140 valence electrons. The fourth-order valence-corrected chi connectivity index (χ4v) is 4.17. The summed E-state index contributed by atoms with van der Waals surface area (Å²) >= 11 is 6.00. The molecule has 0 unspecified atom stereocenters. The molecule has 2 aromatic carbocycles. The number of amides is 1. The number of hydrogen-bond acceptors (Lipinski definition) is 3. The number of aryl methyl sites for hydroxylation is 1. The lowest BCUT2D eigenvalue weighted by Gasteiger charge is -2.30. The van der Waals surface area contributed by atoms with Crippen LogP contribution in [0.5, 0.6) is 0 Å². The predicted octanol–water partition coefficient (Wildman–Crippen LogP) is 3.51. The Morgan fingerprint density at radius 2 is 1.88 bits per heavy atom. The van der Waals surface area contributed by atoms with Gasteiger partial charge in [0, 0.05) is 11.6 Å². The largest absolute Gasteiger partial charge is 0.350 e. The molecule has 0 bridgehead atoms. The number of rotatable bonds is 7. The molecule has 0 heterocycles. The summed E-state index contributed by atoms with van der Waals surface area (Å²) in [4.78, 5) is 12.8. The molecule has 2 rings (SSSR count). The van der Waals surface area contributed by atoms with Gasteiger partial charge in [-0.1, -0.05) is 48.9 Å². The second-order valence-corrected chi connectivity index (χ2v) is 8.40. The first kappa shape index (κ1) is 20.3. The van der Waals surface area contributed by atoms with Crippen molar-refractivity contribution in [3.63, 3.8) is 0 Å². The van der Waals surface area contributed by atoms with Crippen molar-refractivity contribution in [2.75, 3.05) is 10.6 Å². The number of hydrogen-bond donors (Lipinski definition) is 1. The van der Waals surface area contributed by atoms with E-state index < -0.39 is 16.1 Å². The zero-order valence-corrected chi connectivity index (χ0v) is 16.6. The maximum absolute atomic E-state index is 12.8. The minimum atomic E-state index is -3.67. The molecule has 7 heteroatoms. The van der Waals surface area contributed by atoms with Gasteiger partial charge in [0.05, 0.1) is 11.9 Å². The van der Waals surface area contributed by atoms with Gasteiger partial charge in [0.25, 0.3) is 0 Å². The number of sulfonamides is 1. The summed E-state index contributed by atoms with van der Waals surface area (Å²) in [6.45, 7) is 4.09. The highest BCUT2D eigenvalue weighted by Crippen LogP contribution is 2.25. The van der Waals surface area contributed by atoms with Gasteiger partial charge < -0.3 is 5.32 Å². The number of nitrogens with zero attached hydrogens (tertiary/aromatic N) is 1. The number of carbonyl (C=O) groups is 1. The van der Waals surface area contributed by atoms with E-state index in [9.17, 15) is 13.2 Å². The molecule has 0 aromatic heterocycles. The number of nitrogens with one attached hydrogen (secondary N) is 1. The lowest BCUT2D eigenvalue weighted by molar-refractivity contribution is -0.122. The summed E-state index contributed by atoms with van der Waals surface area (Å²) in [7, 11) is -3.67. The Morgan fingerprint density at radius 3 is 2.46 bits per heavy atom. The third-order valence-electron chi connectivity index (χ3n) is 4.11. The summed E-state index contributed by atoms with van der Waals surface area (Å²) < 4.78 is 25.9. The normalized spacial score (nSPS) is 12.5. The number of halogens is 1. The summed E-state index contributed by atoms with van der Waals surface area (Å²) in [5.74, 6) is -0.346. The highest BCUT2D eigenvalue weighted by Gasteiger charge is 2.31. The van der Waals surface area contributed by atoms with Crippen molar-refractivity contribution in [1.29, 1.82) is 0 Å². The Labute approximate surface area is 160 Å². The second kappa shape index (κ2) is 8.56. The Balaban J connectivity index is 2.27. The smallest absolute Gasteiger partial charge is 0.244 e. The van der Waals surface area contributed by atoms with Crippen LogP contribution in [0.4, 0.5) is 5.69 Å². The van der Waals surface area contributed by atoms with E-state index in [0.29, 0.717) is 23.7 Å². The molecular formula is C19H23ClN2O3S. The van der Waals surface area contributed by atoms with Gasteiger partial charge in [-0.15, -0.1) is 0 Å². The standard InChI is InChI=1S/C19H23ClN2O3S/c1-4-18(19(23)21-13-15-9-6-5-8-14(15)2)22(26(3,24)25)17-11-7-10-16(20)12-17/h5-12,18H,4,13H2,1-3H3,(H,21,23)/t18-/m1/s1. The Kier molecular flexibility index (Phi) is 6.67. The number of carbonyl (C=O) groups excluding carboxylic acids is 1. The minimum absolute atomic E-state index is 0.333. The molecule has 1 atom stereocenters. The summed E-state index contributed by atoms with van der Waals surface area (Å²) in [5.41, 5.74) is 2.43. The molecular weight excluding hydrogens is 372 g/mol. The monoisotopic (exact) mass is 394 g/mol. The molecule has 0 fully saturated rings. The molecule has 0 radical (unpaired) electrons. The van der Waals surface area contributed by atoms with Crippen molar-refractivity contribution in [3.05, 3.63) is 64.7 Å². The van der Waals surface area contributed by atoms with Gasteiger partial charge in [-0.2, -0.15) is 0 Å². The predicted molar refractivity (Wildman–Crippen MR) is 106 cm³/mol. The molecule has 0 aliphatic heterocycles. The highest BCUT2D eigenvalue weighted by molar-refractivity contribution is 7.92. The lowest BCUT2D eigenvalue weighted by atomic mass is 10.1. The van der Waals surface area contributed by atoms with Crippen LogP contribution in [-0.2, 0) is 21.4 Å². The van der Waals surface area contributed by atoms with Crippen molar-refractivity contribution in [1.82, 2.24) is 5.32 Å². The van der Waals surface area contributed by atoms with E-state index in [4.69, 9.17) is 11.6 Å². The first-order valence-corrected chi connectivity index (χ1v) is 10.5. The summed E-state index contributed by atoms with van der Waals surface area (Å²) in [6.07, 6.45) is 1.42. The van der Waals surface area contributed by atoms with Crippen LogP contribution in [0, 0.1) is 6.92 Å². The molecule has 2 aromatic rings. The molecule has 5 nitrogen and oxygen atoms in total. The fourth-order valence-electron chi connectivity index (χ4n) is 2.78. The number of anilines is 1. The SMILES string of the molecule is CC[C@H](C(=O)NCc1ccccc1C)N(c1cccc(Cl)c1)S(C)(=O)=O. The van der Waals surface area contributed by atoms with Gasteiger partial charge in [-0.3, -0.25) is 9.10 Å². The average Bonchev–Trinajstić information content (AvgIpc) is 2.57. The maximum Gasteiger partial charge on any atom is 0.244 e. The second-order valence-electron chi connectivity index (χ2n) is 6.11. The van der Waals surface area contributed by atoms with Gasteiger partial charge >= 0.3 is 0 Å². The van der Waals surface area contributed by atoms with Crippen LogP contribution in [0.3, 0.4) is 0 Å². The van der Waals surface area contributed by atoms with E-state index in [0.717, 1.165) is 21.7 Å². The van der Waals surface area contributed by atoms with Crippen molar-refractivity contribution in [2.24, 2.45) is 0 Å². The van der Waals surface area contributed by atoms with Gasteiger partial charge in [0.15, 0.2) is 0 Å². The Bertz CT molecular complexity index is 884. The van der Waals surface area contributed by atoms with Crippen LogP contribution in [0.25, 0.3) is 0 Å². The first-order chi connectivity index (χ1) is 12.2. The molecule has 1 N–H and O–H groups in total. The van der Waals surface area contributed by atoms with Gasteiger partial charge in [0.2, 0.25) is 15.9 Å². The van der Waals surface area contributed by atoms with Crippen molar-refractivity contribution < 1.29 is 13.2 Å². The summed E-state index contributed by atoms with van der Waals surface area (Å²) in [6, 6.07) is 13.4. The topological polar surface area (TPSA) is 66.5 Å². The molecule has 0 saturated heterocycles. The zero-order valence-electron chi connectivity index (χ0n) is 15.1. The van der Waals surface area contributed by atoms with E-state index in [2.05, 4.69) is 5.32 Å². The molecule has 0 aliphatic carbocycles. The Hall–Kier alpha value is -2.05. The van der Waals surface area contributed by atoms with E-state index in [1.807, 2.05) is 31.2 Å². The van der Waals surface area contributed by atoms with E-state index in [-0.39, 0.29) is 5.91 Å². The third-order valence-corrected chi connectivity index (χ3v) is 5.52. The zero-order chi connectivity index (χ0) is 19.3. The molecule has 0 spiro atoms. The van der Waals surface area contributed by atoms with Crippen LogP contribution in [-0.4, -0.2) is 26.6 Å². The van der Waals surface area contributed by atoms with Crippen LogP contribution < -0.4 is 9.62 Å². The van der Waals surface area contributed by atoms with E-state index >= 15 is 0 Å². The first-order valence-electron chi connectivity index (χ1n) is 8.31. The number of benzene rings is 2. The third kappa shape index (κ3) is 4.99. The van der Waals surface area contributed by atoms with Crippen molar-refractivity contribution in [3.8, 4) is 0 Å². The minimum Gasteiger partial charge on any atom is -0.350 e. The van der Waals surface area contributed by atoms with E-state index in [1.165, 1.54) is 0 Å². The van der Waals surface area contributed by atoms with Crippen LogP contribution in [0.15, 0.2) is 48.5 Å². The highest BCUT2D eigenvalue weighted by atomic mass is 35.5. The van der Waals surface area contributed by atoms with Crippen LogP contribution in [0.1, 0.15) is 24.5 Å². The summed E-state index contributed by atoms with van der Waals surface area (Å²) in [5, 5.41) is 3.26. The van der Waals surface area contributed by atoms with E-state index in [1.54, 1.807) is 31.2 Å². The van der Waals surface area contributed by atoms with Gasteiger partial charge in [0.1, 0.15) is 6.04 Å². The molecule has 0 saturated carbocycles. The molecule has 1 amide bonds. The quantitative estimate of drug-likeness (QED) is 0.781. The van der Waals surface area contributed by atoms with Gasteiger partial charge in [-0.25, -0.2) is 8.42 Å².